The van der Waals surface area contributed by atoms with Crippen LogP contribution in [0.1, 0.15) is 54.2 Å². The van der Waals surface area contributed by atoms with Crippen molar-refractivity contribution in [3.05, 3.63) is 41.1 Å². The Morgan fingerprint density at radius 1 is 1.14 bits per heavy atom. The maximum absolute atomic E-state index is 12.5. The van der Waals surface area contributed by atoms with Crippen LogP contribution >= 0.6 is 0 Å². The number of hydrogen-bond donors (Lipinski definition) is 2. The van der Waals surface area contributed by atoms with Crippen molar-refractivity contribution in [2.24, 2.45) is 5.92 Å². The Balaban J connectivity index is 1.57. The number of amides is 3. The van der Waals surface area contributed by atoms with Gasteiger partial charge in [0, 0.05) is 11.4 Å². The van der Waals surface area contributed by atoms with E-state index < -0.39 is 24.5 Å². The molecule has 0 radical (unpaired) electrons. The third-order valence-electron chi connectivity index (χ3n) is 5.55. The first kappa shape index (κ1) is 20.8. The summed E-state index contributed by atoms with van der Waals surface area (Å²) in [5.74, 6) is -0.910. The molecule has 1 aliphatic rings. The molecule has 154 valence electrons. The van der Waals surface area contributed by atoms with Gasteiger partial charge in [-0.3, -0.25) is 15.1 Å². The Labute approximate surface area is 170 Å². The Morgan fingerprint density at radius 3 is 2.62 bits per heavy atom. The largest absolute Gasteiger partial charge is 0.452 e. The molecule has 29 heavy (non-hydrogen) atoms. The van der Waals surface area contributed by atoms with Crippen molar-refractivity contribution in [3.8, 4) is 0 Å². The first-order chi connectivity index (χ1) is 13.9. The van der Waals surface area contributed by atoms with Crippen LogP contribution in [0.4, 0.5) is 4.79 Å². The van der Waals surface area contributed by atoms with Crippen molar-refractivity contribution < 1.29 is 19.1 Å². The fraction of sp³-hybridized carbons (Fsp3) is 0.455. The third-order valence-corrected chi connectivity index (χ3v) is 5.55. The van der Waals surface area contributed by atoms with E-state index in [0.717, 1.165) is 42.1 Å². The number of carbonyl (C=O) groups is 3. The van der Waals surface area contributed by atoms with Gasteiger partial charge in [-0.1, -0.05) is 38.0 Å². The monoisotopic (exact) mass is 397 g/mol. The highest BCUT2D eigenvalue weighted by Gasteiger charge is 2.24. The Hall–Kier alpha value is -2.96. The molecule has 7 nitrogen and oxygen atoms in total. The highest BCUT2D eigenvalue weighted by atomic mass is 16.5. The van der Waals surface area contributed by atoms with E-state index in [1.165, 1.54) is 0 Å². The molecule has 1 aliphatic carbocycles. The molecule has 0 spiro atoms. The minimum absolute atomic E-state index is 0.0630. The normalized spacial score (nSPS) is 18.9. The van der Waals surface area contributed by atoms with Gasteiger partial charge >= 0.3 is 12.0 Å². The van der Waals surface area contributed by atoms with E-state index in [-0.39, 0.29) is 6.04 Å². The summed E-state index contributed by atoms with van der Waals surface area (Å²) in [5.41, 5.74) is 2.43. The SMILES string of the molecule is Cc1nc2ccccc2c(C)c1C(=O)OCC(=O)NC(=O)N[C@H]1CCCC[C@@H]1C. The van der Waals surface area contributed by atoms with Crippen LogP contribution in [0.25, 0.3) is 10.9 Å². The fourth-order valence-electron chi connectivity index (χ4n) is 3.93. The van der Waals surface area contributed by atoms with Crippen LogP contribution < -0.4 is 10.6 Å². The van der Waals surface area contributed by atoms with Crippen molar-refractivity contribution in [3.63, 3.8) is 0 Å². The number of ether oxygens (including phenoxy) is 1. The van der Waals surface area contributed by atoms with Gasteiger partial charge in [0.2, 0.25) is 0 Å². The standard InChI is InChI=1S/C22H27N3O4/c1-13-8-4-6-10-17(13)24-22(28)25-19(26)12-29-21(27)20-14(2)16-9-5-7-11-18(16)23-15(20)3/h5,7,9,11,13,17H,4,6,8,10,12H2,1-3H3,(H2,24,25,26,28)/t13-,17-/m0/s1. The number of rotatable bonds is 4. The average Bonchev–Trinajstić information content (AvgIpc) is 2.68. The molecule has 0 aliphatic heterocycles. The fourth-order valence-corrected chi connectivity index (χ4v) is 3.93. The minimum Gasteiger partial charge on any atom is -0.452 e. The molecule has 2 atom stereocenters. The molecule has 0 unspecified atom stereocenters. The highest BCUT2D eigenvalue weighted by Crippen LogP contribution is 2.24. The van der Waals surface area contributed by atoms with Crippen molar-refractivity contribution in [2.75, 3.05) is 6.61 Å². The number of aryl methyl sites for hydroxylation is 2. The third kappa shape index (κ3) is 4.91. The Bertz CT molecular complexity index is 941. The molecular formula is C22H27N3O4. The smallest absolute Gasteiger partial charge is 0.340 e. The van der Waals surface area contributed by atoms with E-state index in [1.807, 2.05) is 31.2 Å². The van der Waals surface area contributed by atoms with Gasteiger partial charge in [0.25, 0.3) is 5.91 Å². The number of esters is 1. The maximum atomic E-state index is 12.5. The molecule has 2 N–H and O–H groups in total. The molecule has 1 fully saturated rings. The number of hydrogen-bond acceptors (Lipinski definition) is 5. The zero-order valence-corrected chi connectivity index (χ0v) is 17.1. The summed E-state index contributed by atoms with van der Waals surface area (Å²) in [6, 6.07) is 7.04. The molecular weight excluding hydrogens is 370 g/mol. The highest BCUT2D eigenvalue weighted by molar-refractivity contribution is 6.00. The molecule has 3 rings (SSSR count). The summed E-state index contributed by atoms with van der Waals surface area (Å²) in [4.78, 5) is 41.0. The lowest BCUT2D eigenvalue weighted by molar-refractivity contribution is -0.123. The van der Waals surface area contributed by atoms with Gasteiger partial charge in [0.15, 0.2) is 6.61 Å². The summed E-state index contributed by atoms with van der Waals surface area (Å²) in [6.45, 7) is 5.12. The molecule has 7 heteroatoms. The predicted molar refractivity (Wildman–Crippen MR) is 110 cm³/mol. The molecule has 1 heterocycles. The first-order valence-corrected chi connectivity index (χ1v) is 10.00. The quantitative estimate of drug-likeness (QED) is 0.771. The van der Waals surface area contributed by atoms with E-state index in [2.05, 4.69) is 22.5 Å². The topological polar surface area (TPSA) is 97.4 Å². The first-order valence-electron chi connectivity index (χ1n) is 10.00. The van der Waals surface area contributed by atoms with Crippen LogP contribution in [0.5, 0.6) is 0 Å². The molecule has 2 aromatic rings. The maximum Gasteiger partial charge on any atom is 0.340 e. The Kier molecular flexibility index (Phi) is 6.46. The number of nitrogens with one attached hydrogen (secondary N) is 2. The van der Waals surface area contributed by atoms with E-state index >= 15 is 0 Å². The zero-order chi connectivity index (χ0) is 21.0. The second-order valence-corrected chi connectivity index (χ2v) is 7.68. The number of urea groups is 1. The lowest BCUT2D eigenvalue weighted by Crippen LogP contribution is -2.48. The average molecular weight is 397 g/mol. The second kappa shape index (κ2) is 9.03. The molecule has 1 saturated carbocycles. The van der Waals surface area contributed by atoms with Crippen molar-refractivity contribution in [1.29, 1.82) is 0 Å². The molecule has 1 aromatic heterocycles. The molecule has 0 bridgehead atoms. The molecule has 3 amide bonds. The van der Waals surface area contributed by atoms with Crippen LogP contribution in [0, 0.1) is 19.8 Å². The van der Waals surface area contributed by atoms with Gasteiger partial charge in [0.05, 0.1) is 16.8 Å². The molecule has 1 aromatic carbocycles. The summed E-state index contributed by atoms with van der Waals surface area (Å²) in [7, 11) is 0. The summed E-state index contributed by atoms with van der Waals surface area (Å²) < 4.78 is 5.14. The van der Waals surface area contributed by atoms with Crippen LogP contribution in [-0.2, 0) is 9.53 Å². The van der Waals surface area contributed by atoms with E-state index in [4.69, 9.17) is 4.74 Å². The summed E-state index contributed by atoms with van der Waals surface area (Å²) in [6.07, 6.45) is 4.21. The Morgan fingerprint density at radius 2 is 1.86 bits per heavy atom. The second-order valence-electron chi connectivity index (χ2n) is 7.68. The number of nitrogens with zero attached hydrogens (tertiary/aromatic N) is 1. The lowest BCUT2D eigenvalue weighted by Gasteiger charge is -2.29. The predicted octanol–water partition coefficient (Wildman–Crippen LogP) is 3.41. The number of aromatic nitrogens is 1. The van der Waals surface area contributed by atoms with Crippen LogP contribution in [-0.4, -0.2) is 35.5 Å². The van der Waals surface area contributed by atoms with Crippen LogP contribution in [0.15, 0.2) is 24.3 Å². The van der Waals surface area contributed by atoms with Gasteiger partial charge in [-0.05, 0) is 44.2 Å². The van der Waals surface area contributed by atoms with Crippen molar-refractivity contribution in [2.45, 2.75) is 52.5 Å². The molecule has 0 saturated heterocycles. The number of para-hydroxylation sites is 1. The van der Waals surface area contributed by atoms with E-state index in [1.54, 1.807) is 6.92 Å². The van der Waals surface area contributed by atoms with Gasteiger partial charge in [0.1, 0.15) is 0 Å². The van der Waals surface area contributed by atoms with Gasteiger partial charge in [-0.15, -0.1) is 0 Å². The zero-order valence-electron chi connectivity index (χ0n) is 17.1. The van der Waals surface area contributed by atoms with Crippen molar-refractivity contribution >= 4 is 28.8 Å². The van der Waals surface area contributed by atoms with Crippen LogP contribution in [0.2, 0.25) is 0 Å². The van der Waals surface area contributed by atoms with Gasteiger partial charge < -0.3 is 10.1 Å². The number of imide groups is 1. The summed E-state index contributed by atoms with van der Waals surface area (Å²) in [5, 5.41) is 5.92. The van der Waals surface area contributed by atoms with Crippen molar-refractivity contribution in [1.82, 2.24) is 15.6 Å². The number of fused-ring (bicyclic) bond motifs is 1. The number of carbonyl (C=O) groups excluding carboxylic acids is 3. The van der Waals surface area contributed by atoms with E-state index in [0.29, 0.717) is 17.2 Å². The number of pyridine rings is 1. The van der Waals surface area contributed by atoms with Gasteiger partial charge in [-0.2, -0.15) is 0 Å². The number of benzene rings is 1. The van der Waals surface area contributed by atoms with Crippen LogP contribution in [0.3, 0.4) is 0 Å². The minimum atomic E-state index is -0.664. The lowest BCUT2D eigenvalue weighted by atomic mass is 9.86. The van der Waals surface area contributed by atoms with Gasteiger partial charge in [-0.25, -0.2) is 9.59 Å². The van der Waals surface area contributed by atoms with E-state index in [9.17, 15) is 14.4 Å². The summed E-state index contributed by atoms with van der Waals surface area (Å²) >= 11 is 0.